The zero-order chi connectivity index (χ0) is 16.4. The molecule has 1 amide bonds. The van der Waals surface area contributed by atoms with E-state index in [1.54, 1.807) is 15.8 Å². The van der Waals surface area contributed by atoms with Gasteiger partial charge in [0.15, 0.2) is 0 Å². The van der Waals surface area contributed by atoms with Crippen LogP contribution in [0.15, 0.2) is 36.5 Å². The highest BCUT2D eigenvalue weighted by Crippen LogP contribution is 2.26. The summed E-state index contributed by atoms with van der Waals surface area (Å²) < 4.78 is 1.70. The van der Waals surface area contributed by atoms with Crippen molar-refractivity contribution < 1.29 is 14.7 Å². The van der Waals surface area contributed by atoms with Crippen LogP contribution in [0.4, 0.5) is 0 Å². The molecule has 1 saturated heterocycles. The molecule has 1 aliphatic heterocycles. The average molecular weight is 313 g/mol. The van der Waals surface area contributed by atoms with Crippen molar-refractivity contribution in [2.45, 2.75) is 12.8 Å². The average Bonchev–Trinajstić information content (AvgIpc) is 2.96. The smallest absolute Gasteiger partial charge is 0.306 e. The number of carboxylic acid groups (broad SMARTS) is 1. The lowest BCUT2D eigenvalue weighted by atomic mass is 9.96. The van der Waals surface area contributed by atoms with E-state index in [4.69, 9.17) is 5.11 Å². The maximum atomic E-state index is 12.8. The van der Waals surface area contributed by atoms with Gasteiger partial charge in [0.05, 0.1) is 23.4 Å². The van der Waals surface area contributed by atoms with Gasteiger partial charge in [-0.2, -0.15) is 5.10 Å². The molecule has 0 unspecified atom stereocenters. The van der Waals surface area contributed by atoms with E-state index >= 15 is 0 Å². The zero-order valence-corrected chi connectivity index (χ0v) is 13.0. The van der Waals surface area contributed by atoms with E-state index in [0.29, 0.717) is 31.5 Å². The Labute approximate surface area is 134 Å². The van der Waals surface area contributed by atoms with Gasteiger partial charge in [-0.1, -0.05) is 30.3 Å². The summed E-state index contributed by atoms with van der Waals surface area (Å²) >= 11 is 0. The molecule has 2 heterocycles. The van der Waals surface area contributed by atoms with Gasteiger partial charge in [0.1, 0.15) is 0 Å². The Morgan fingerprint density at radius 3 is 2.43 bits per heavy atom. The number of carbonyl (C=O) groups is 2. The van der Waals surface area contributed by atoms with Crippen LogP contribution in [0.2, 0.25) is 0 Å². The van der Waals surface area contributed by atoms with Crippen LogP contribution in [-0.2, 0) is 11.8 Å². The van der Waals surface area contributed by atoms with Gasteiger partial charge in [0, 0.05) is 25.7 Å². The van der Waals surface area contributed by atoms with Crippen molar-refractivity contribution in [3.8, 4) is 11.3 Å². The number of rotatable bonds is 3. The number of aromatic nitrogens is 2. The molecule has 0 bridgehead atoms. The maximum absolute atomic E-state index is 12.8. The first-order valence-corrected chi connectivity index (χ1v) is 7.67. The summed E-state index contributed by atoms with van der Waals surface area (Å²) in [5.74, 6) is -1.20. The lowest BCUT2D eigenvalue weighted by Crippen LogP contribution is -2.40. The summed E-state index contributed by atoms with van der Waals surface area (Å²) in [7, 11) is 1.82. The first-order chi connectivity index (χ1) is 11.1. The Bertz CT molecular complexity index is 716. The van der Waals surface area contributed by atoms with Gasteiger partial charge >= 0.3 is 5.97 Å². The molecule has 1 fully saturated rings. The van der Waals surface area contributed by atoms with Crippen molar-refractivity contribution in [3.63, 3.8) is 0 Å². The van der Waals surface area contributed by atoms with E-state index in [0.717, 1.165) is 11.3 Å². The van der Waals surface area contributed by atoms with Crippen LogP contribution in [-0.4, -0.2) is 44.8 Å². The molecule has 0 radical (unpaired) electrons. The number of hydrogen-bond donors (Lipinski definition) is 1. The third-order valence-electron chi connectivity index (χ3n) is 4.35. The molecule has 1 N–H and O–H groups in total. The predicted octanol–water partition coefficient (Wildman–Crippen LogP) is 2.02. The highest BCUT2D eigenvalue weighted by atomic mass is 16.4. The van der Waals surface area contributed by atoms with Crippen LogP contribution < -0.4 is 0 Å². The predicted molar refractivity (Wildman–Crippen MR) is 84.9 cm³/mol. The number of piperidine rings is 1. The fourth-order valence-corrected chi connectivity index (χ4v) is 3.03. The Hall–Kier alpha value is -2.63. The van der Waals surface area contributed by atoms with Crippen molar-refractivity contribution >= 4 is 11.9 Å². The molecule has 1 aromatic heterocycles. The number of amides is 1. The zero-order valence-electron chi connectivity index (χ0n) is 13.0. The Balaban J connectivity index is 1.83. The topological polar surface area (TPSA) is 75.4 Å². The second-order valence-electron chi connectivity index (χ2n) is 5.80. The van der Waals surface area contributed by atoms with E-state index in [9.17, 15) is 9.59 Å². The van der Waals surface area contributed by atoms with Crippen molar-refractivity contribution in [3.05, 3.63) is 42.1 Å². The van der Waals surface area contributed by atoms with Gasteiger partial charge in [0.25, 0.3) is 5.91 Å². The van der Waals surface area contributed by atoms with Crippen LogP contribution in [0.3, 0.4) is 0 Å². The van der Waals surface area contributed by atoms with E-state index < -0.39 is 5.97 Å². The van der Waals surface area contributed by atoms with Gasteiger partial charge in [-0.05, 0) is 12.8 Å². The maximum Gasteiger partial charge on any atom is 0.306 e. The second-order valence-corrected chi connectivity index (χ2v) is 5.80. The number of hydrogen-bond acceptors (Lipinski definition) is 3. The molecule has 6 nitrogen and oxygen atoms in total. The summed E-state index contributed by atoms with van der Waals surface area (Å²) in [5.41, 5.74) is 2.29. The van der Waals surface area contributed by atoms with Gasteiger partial charge in [0.2, 0.25) is 0 Å². The first kappa shape index (κ1) is 15.3. The van der Waals surface area contributed by atoms with Crippen LogP contribution in [0.1, 0.15) is 23.2 Å². The number of aliphatic carboxylic acids is 1. The van der Waals surface area contributed by atoms with Crippen LogP contribution in [0, 0.1) is 5.92 Å². The number of aryl methyl sites for hydroxylation is 1. The molecule has 1 aliphatic rings. The van der Waals surface area contributed by atoms with Crippen molar-refractivity contribution in [2.24, 2.45) is 13.0 Å². The van der Waals surface area contributed by atoms with E-state index in [1.165, 1.54) is 0 Å². The Morgan fingerprint density at radius 2 is 1.83 bits per heavy atom. The minimum absolute atomic E-state index is 0.0826. The van der Waals surface area contributed by atoms with Gasteiger partial charge < -0.3 is 10.0 Å². The molecule has 1 aromatic carbocycles. The molecule has 2 aromatic rings. The fraction of sp³-hybridized carbons (Fsp3) is 0.353. The largest absolute Gasteiger partial charge is 0.481 e. The Morgan fingerprint density at radius 1 is 1.17 bits per heavy atom. The fourth-order valence-electron chi connectivity index (χ4n) is 3.03. The standard InChI is InChI=1S/C17H19N3O3/c1-19-15(12-5-3-2-4-6-12)14(11-18-19)16(21)20-9-7-13(8-10-20)17(22)23/h2-6,11,13H,7-10H2,1H3,(H,22,23). The minimum Gasteiger partial charge on any atom is -0.481 e. The second kappa shape index (κ2) is 6.24. The quantitative estimate of drug-likeness (QED) is 0.940. The summed E-state index contributed by atoms with van der Waals surface area (Å²) in [6.45, 7) is 0.942. The van der Waals surface area contributed by atoms with Crippen LogP contribution >= 0.6 is 0 Å². The highest BCUT2D eigenvalue weighted by Gasteiger charge is 2.29. The summed E-state index contributed by atoms with van der Waals surface area (Å²) in [6, 6.07) is 9.68. The van der Waals surface area contributed by atoms with E-state index in [-0.39, 0.29) is 11.8 Å². The van der Waals surface area contributed by atoms with Crippen LogP contribution in [0.5, 0.6) is 0 Å². The third-order valence-corrected chi connectivity index (χ3v) is 4.35. The molecular formula is C17H19N3O3. The van der Waals surface area contributed by atoms with Crippen molar-refractivity contribution in [1.29, 1.82) is 0 Å². The molecule has 3 rings (SSSR count). The van der Waals surface area contributed by atoms with E-state index in [2.05, 4.69) is 5.10 Å². The molecule has 0 aliphatic carbocycles. The van der Waals surface area contributed by atoms with Gasteiger partial charge in [-0.15, -0.1) is 0 Å². The first-order valence-electron chi connectivity index (χ1n) is 7.67. The minimum atomic E-state index is -0.775. The Kier molecular flexibility index (Phi) is 4.14. The summed E-state index contributed by atoms with van der Waals surface area (Å²) in [5, 5.41) is 13.3. The molecule has 120 valence electrons. The monoisotopic (exact) mass is 313 g/mol. The summed E-state index contributed by atoms with van der Waals surface area (Å²) in [6.07, 6.45) is 2.60. The normalized spacial score (nSPS) is 15.6. The van der Waals surface area contributed by atoms with E-state index in [1.807, 2.05) is 37.4 Å². The molecule has 6 heteroatoms. The van der Waals surface area contributed by atoms with Crippen molar-refractivity contribution in [1.82, 2.24) is 14.7 Å². The number of nitrogens with zero attached hydrogens (tertiary/aromatic N) is 3. The van der Waals surface area contributed by atoms with Crippen molar-refractivity contribution in [2.75, 3.05) is 13.1 Å². The molecule has 23 heavy (non-hydrogen) atoms. The number of likely N-dealkylation sites (tertiary alicyclic amines) is 1. The summed E-state index contributed by atoms with van der Waals surface area (Å²) in [4.78, 5) is 25.6. The third kappa shape index (κ3) is 2.97. The van der Waals surface area contributed by atoms with Crippen LogP contribution in [0.25, 0.3) is 11.3 Å². The van der Waals surface area contributed by atoms with Gasteiger partial charge in [-0.25, -0.2) is 0 Å². The number of benzene rings is 1. The lowest BCUT2D eigenvalue weighted by Gasteiger charge is -2.30. The van der Waals surface area contributed by atoms with Gasteiger partial charge in [-0.3, -0.25) is 14.3 Å². The highest BCUT2D eigenvalue weighted by molar-refractivity contribution is 6.00. The molecule has 0 saturated carbocycles. The number of carboxylic acids is 1. The number of carbonyl (C=O) groups excluding carboxylic acids is 1. The SMILES string of the molecule is Cn1ncc(C(=O)N2CCC(C(=O)O)CC2)c1-c1ccccc1. The molecule has 0 spiro atoms. The lowest BCUT2D eigenvalue weighted by molar-refractivity contribution is -0.143. The molecule has 0 atom stereocenters. The molecular weight excluding hydrogens is 294 g/mol.